The van der Waals surface area contributed by atoms with E-state index in [1.807, 2.05) is 14.0 Å². The van der Waals surface area contributed by atoms with Gasteiger partial charge in [0.2, 0.25) is 11.1 Å². The molecule has 100 valence electrons. The van der Waals surface area contributed by atoms with Crippen molar-refractivity contribution in [2.45, 2.75) is 42.1 Å². The molecule has 0 saturated heterocycles. The van der Waals surface area contributed by atoms with Gasteiger partial charge in [0.1, 0.15) is 0 Å². The van der Waals surface area contributed by atoms with Crippen molar-refractivity contribution in [2.24, 2.45) is 12.8 Å². The highest BCUT2D eigenvalue weighted by atomic mass is 32.2. The predicted octanol–water partition coefficient (Wildman–Crippen LogP) is -0.312. The molecule has 0 spiro atoms. The number of carbonyl (C=O) groups is 1. The Morgan fingerprint density at radius 3 is 3.06 bits per heavy atom. The maximum Gasteiger partial charge on any atom is 0.237 e. The molecule has 2 unspecified atom stereocenters. The Balaban J connectivity index is 2.03. The molecular formula is C10H18N6OS. The van der Waals surface area contributed by atoms with Crippen LogP contribution in [0.4, 0.5) is 0 Å². The van der Waals surface area contributed by atoms with Crippen LogP contribution in [0.3, 0.4) is 0 Å². The highest BCUT2D eigenvalue weighted by Crippen LogP contribution is 2.39. The Morgan fingerprint density at radius 2 is 2.50 bits per heavy atom. The van der Waals surface area contributed by atoms with E-state index < -0.39 is 5.54 Å². The third kappa shape index (κ3) is 2.49. The molecule has 1 saturated carbocycles. The van der Waals surface area contributed by atoms with Gasteiger partial charge in [0.25, 0.3) is 0 Å². The van der Waals surface area contributed by atoms with Crippen LogP contribution in [0.25, 0.3) is 0 Å². The van der Waals surface area contributed by atoms with Gasteiger partial charge in [-0.25, -0.2) is 4.68 Å². The Labute approximate surface area is 110 Å². The molecular weight excluding hydrogens is 252 g/mol. The average molecular weight is 270 g/mol. The van der Waals surface area contributed by atoms with Crippen LogP contribution in [0.15, 0.2) is 5.16 Å². The zero-order valence-electron chi connectivity index (χ0n) is 10.6. The number of carbonyl (C=O) groups excluding carboxylic acids is 1. The maximum absolute atomic E-state index is 11.6. The van der Waals surface area contributed by atoms with Crippen molar-refractivity contribution in [2.75, 3.05) is 6.54 Å². The summed E-state index contributed by atoms with van der Waals surface area (Å²) in [5.74, 6) is -0.261. The molecule has 2 atom stereocenters. The Morgan fingerprint density at radius 1 is 1.72 bits per heavy atom. The van der Waals surface area contributed by atoms with Crippen molar-refractivity contribution in [3.63, 3.8) is 0 Å². The number of likely N-dealkylation sites (N-methyl/N-ethyl adjacent to an activating group) is 1. The van der Waals surface area contributed by atoms with Crippen molar-refractivity contribution < 1.29 is 4.79 Å². The first-order chi connectivity index (χ1) is 8.57. The zero-order chi connectivity index (χ0) is 13.2. The predicted molar refractivity (Wildman–Crippen MR) is 67.9 cm³/mol. The van der Waals surface area contributed by atoms with E-state index in [4.69, 9.17) is 5.73 Å². The number of aromatic nitrogens is 4. The SMILES string of the molecule is CCNC1(C(N)=O)CCC(Sc2nnnn2C)C1. The molecule has 1 fully saturated rings. The number of nitrogens with two attached hydrogens (primary N) is 1. The van der Waals surface area contributed by atoms with Gasteiger partial charge in [-0.3, -0.25) is 4.79 Å². The van der Waals surface area contributed by atoms with Gasteiger partial charge >= 0.3 is 0 Å². The first-order valence-corrected chi connectivity index (χ1v) is 6.89. The summed E-state index contributed by atoms with van der Waals surface area (Å²) < 4.78 is 1.64. The monoisotopic (exact) mass is 270 g/mol. The number of aryl methyl sites for hydroxylation is 1. The number of hydrogen-bond donors (Lipinski definition) is 2. The van der Waals surface area contributed by atoms with Crippen LogP contribution in [0.5, 0.6) is 0 Å². The van der Waals surface area contributed by atoms with Crippen LogP contribution in [-0.2, 0) is 11.8 Å². The first-order valence-electron chi connectivity index (χ1n) is 6.01. The van der Waals surface area contributed by atoms with Crippen molar-refractivity contribution in [3.05, 3.63) is 0 Å². The number of nitrogens with one attached hydrogen (secondary N) is 1. The van der Waals surface area contributed by atoms with E-state index in [0.717, 1.165) is 31.0 Å². The highest BCUT2D eigenvalue weighted by molar-refractivity contribution is 7.99. The fraction of sp³-hybridized carbons (Fsp3) is 0.800. The molecule has 3 N–H and O–H groups in total. The third-order valence-corrected chi connectivity index (χ3v) is 4.60. The smallest absolute Gasteiger partial charge is 0.237 e. The second-order valence-corrected chi connectivity index (χ2v) is 5.81. The van der Waals surface area contributed by atoms with Gasteiger partial charge in [-0.15, -0.1) is 5.10 Å². The van der Waals surface area contributed by atoms with Crippen molar-refractivity contribution in [3.8, 4) is 0 Å². The minimum atomic E-state index is -0.557. The molecule has 0 bridgehead atoms. The average Bonchev–Trinajstić information content (AvgIpc) is 2.89. The molecule has 1 aromatic heterocycles. The molecule has 1 amide bonds. The molecule has 1 aliphatic carbocycles. The fourth-order valence-corrected chi connectivity index (χ4v) is 3.56. The normalized spacial score (nSPS) is 27.6. The summed E-state index contributed by atoms with van der Waals surface area (Å²) in [4.78, 5) is 11.6. The van der Waals surface area contributed by atoms with Crippen molar-refractivity contribution >= 4 is 17.7 Å². The second kappa shape index (κ2) is 5.23. The number of nitrogens with zero attached hydrogens (tertiary/aromatic N) is 4. The number of hydrogen-bond acceptors (Lipinski definition) is 6. The number of amides is 1. The molecule has 1 aliphatic rings. The van der Waals surface area contributed by atoms with E-state index in [9.17, 15) is 4.79 Å². The van der Waals surface area contributed by atoms with E-state index in [0.29, 0.717) is 5.25 Å². The topological polar surface area (TPSA) is 98.7 Å². The lowest BCUT2D eigenvalue weighted by Gasteiger charge is -2.26. The number of primary amides is 1. The lowest BCUT2D eigenvalue weighted by Crippen LogP contribution is -2.53. The van der Waals surface area contributed by atoms with Gasteiger partial charge in [0, 0.05) is 12.3 Å². The summed E-state index contributed by atoms with van der Waals surface area (Å²) in [5, 5.41) is 15.7. The largest absolute Gasteiger partial charge is 0.368 e. The van der Waals surface area contributed by atoms with Gasteiger partial charge in [-0.1, -0.05) is 18.7 Å². The van der Waals surface area contributed by atoms with Crippen molar-refractivity contribution in [1.82, 2.24) is 25.5 Å². The molecule has 1 aromatic rings. The first kappa shape index (κ1) is 13.3. The van der Waals surface area contributed by atoms with Crippen LogP contribution in [-0.4, -0.2) is 43.4 Å². The third-order valence-electron chi connectivity index (χ3n) is 3.31. The minimum Gasteiger partial charge on any atom is -0.368 e. The van der Waals surface area contributed by atoms with Gasteiger partial charge in [-0.2, -0.15) is 0 Å². The quantitative estimate of drug-likeness (QED) is 0.761. The molecule has 0 aliphatic heterocycles. The summed E-state index contributed by atoms with van der Waals surface area (Å²) in [6.07, 6.45) is 2.44. The second-order valence-electron chi connectivity index (χ2n) is 4.54. The Kier molecular flexibility index (Phi) is 3.86. The molecule has 1 heterocycles. The van der Waals surface area contributed by atoms with Gasteiger partial charge in [0.05, 0.1) is 5.54 Å². The van der Waals surface area contributed by atoms with Crippen LogP contribution in [0.1, 0.15) is 26.2 Å². The summed E-state index contributed by atoms with van der Waals surface area (Å²) in [5.41, 5.74) is 4.97. The van der Waals surface area contributed by atoms with Crippen molar-refractivity contribution in [1.29, 1.82) is 0 Å². The highest BCUT2D eigenvalue weighted by Gasteiger charge is 2.44. The molecule has 7 nitrogen and oxygen atoms in total. The molecule has 0 radical (unpaired) electrons. The zero-order valence-corrected chi connectivity index (χ0v) is 11.4. The molecule has 2 rings (SSSR count). The van der Waals surface area contributed by atoms with E-state index >= 15 is 0 Å². The van der Waals surface area contributed by atoms with E-state index in [1.165, 1.54) is 0 Å². The summed E-state index contributed by atoms with van der Waals surface area (Å²) in [7, 11) is 1.81. The van der Waals surface area contributed by atoms with E-state index in [1.54, 1.807) is 16.4 Å². The number of thioether (sulfide) groups is 1. The summed E-state index contributed by atoms with van der Waals surface area (Å²) in [6.45, 7) is 2.73. The fourth-order valence-electron chi connectivity index (χ4n) is 2.38. The van der Waals surface area contributed by atoms with Gasteiger partial charge in [-0.05, 0) is 36.2 Å². The summed E-state index contributed by atoms with van der Waals surface area (Å²) in [6, 6.07) is 0. The lowest BCUT2D eigenvalue weighted by atomic mass is 9.97. The minimum absolute atomic E-state index is 0.261. The molecule has 0 aromatic carbocycles. The maximum atomic E-state index is 11.6. The van der Waals surface area contributed by atoms with Gasteiger partial charge in [0.15, 0.2) is 0 Å². The molecule has 8 heteroatoms. The van der Waals surface area contributed by atoms with Crippen LogP contribution >= 0.6 is 11.8 Å². The Hall–Kier alpha value is -1.15. The number of rotatable bonds is 5. The van der Waals surface area contributed by atoms with Crippen LogP contribution < -0.4 is 11.1 Å². The van der Waals surface area contributed by atoms with Crippen LogP contribution in [0.2, 0.25) is 0 Å². The van der Waals surface area contributed by atoms with E-state index in [-0.39, 0.29) is 5.91 Å². The molecule has 18 heavy (non-hydrogen) atoms. The van der Waals surface area contributed by atoms with Gasteiger partial charge < -0.3 is 11.1 Å². The van der Waals surface area contributed by atoms with E-state index in [2.05, 4.69) is 20.8 Å². The Bertz CT molecular complexity index is 436. The number of tetrazole rings is 1. The lowest BCUT2D eigenvalue weighted by molar-refractivity contribution is -0.124. The standard InChI is InChI=1S/C10H18N6OS/c1-3-12-10(8(11)17)5-4-7(6-10)18-9-13-14-15-16(9)2/h7,12H,3-6H2,1-2H3,(H2,11,17). The summed E-state index contributed by atoms with van der Waals surface area (Å²) >= 11 is 1.61. The van der Waals surface area contributed by atoms with Crippen LogP contribution in [0, 0.1) is 0 Å².